The fourth-order valence-electron chi connectivity index (χ4n) is 1.06. The molecule has 0 saturated heterocycles. The minimum Gasteiger partial charge on any atom is -0.394 e. The van der Waals surface area contributed by atoms with Gasteiger partial charge in [0.1, 0.15) is 0 Å². The first-order valence-corrected chi connectivity index (χ1v) is 5.07. The Kier molecular flexibility index (Phi) is 3.69. The molecule has 76 valence electrons. The molecule has 1 aliphatic carbocycles. The summed E-state index contributed by atoms with van der Waals surface area (Å²) in [6.45, 7) is -0.114. The Morgan fingerprint density at radius 3 is 2.38 bits per heavy atom. The first kappa shape index (κ1) is 11.4. The van der Waals surface area contributed by atoms with Crippen molar-refractivity contribution in [3.8, 4) is 0 Å². The number of carbonyl (C=O) groups is 1. The Morgan fingerprint density at radius 1 is 1.54 bits per heavy atom. The molecule has 0 heterocycles. The maximum atomic E-state index is 11.1. The van der Waals surface area contributed by atoms with Gasteiger partial charge in [0.25, 0.3) is 9.70 Å². The second kappa shape index (κ2) is 4.22. The van der Waals surface area contributed by atoms with Crippen LogP contribution >= 0.6 is 34.8 Å². The molecule has 1 amide bonds. The van der Waals surface area contributed by atoms with E-state index in [-0.39, 0.29) is 12.6 Å². The third kappa shape index (κ3) is 3.50. The molecular formula is C7H10Cl3NO2. The van der Waals surface area contributed by atoms with E-state index < -0.39 is 9.70 Å². The number of halogens is 3. The van der Waals surface area contributed by atoms with Gasteiger partial charge in [-0.1, -0.05) is 34.8 Å². The van der Waals surface area contributed by atoms with Crippen molar-refractivity contribution in [1.29, 1.82) is 0 Å². The number of rotatable bonds is 3. The summed E-state index contributed by atoms with van der Waals surface area (Å²) in [5, 5.41) is 11.4. The second-order valence-electron chi connectivity index (χ2n) is 3.10. The first-order valence-electron chi connectivity index (χ1n) is 3.93. The minimum atomic E-state index is -1.94. The van der Waals surface area contributed by atoms with Gasteiger partial charge in [-0.2, -0.15) is 0 Å². The highest BCUT2D eigenvalue weighted by Crippen LogP contribution is 2.33. The predicted octanol–water partition coefficient (Wildman–Crippen LogP) is 1.24. The van der Waals surface area contributed by atoms with Gasteiger partial charge in [-0.25, -0.2) is 0 Å². The molecule has 13 heavy (non-hydrogen) atoms. The van der Waals surface area contributed by atoms with Gasteiger partial charge in [-0.15, -0.1) is 0 Å². The maximum absolute atomic E-state index is 11.1. The third-order valence-corrected chi connectivity index (χ3v) is 2.48. The molecule has 1 fully saturated rings. The quantitative estimate of drug-likeness (QED) is 0.736. The molecule has 0 aromatic heterocycles. The Labute approximate surface area is 91.3 Å². The molecule has 2 N–H and O–H groups in total. The van der Waals surface area contributed by atoms with Crippen molar-refractivity contribution < 1.29 is 9.90 Å². The number of hydrogen-bond donors (Lipinski definition) is 2. The number of aliphatic hydroxyl groups is 1. The van der Waals surface area contributed by atoms with E-state index in [1.807, 2.05) is 0 Å². The van der Waals surface area contributed by atoms with Crippen LogP contribution in [0.3, 0.4) is 0 Å². The van der Waals surface area contributed by atoms with Crippen LogP contribution in [-0.4, -0.2) is 27.5 Å². The van der Waals surface area contributed by atoms with Crippen LogP contribution in [0.2, 0.25) is 0 Å². The summed E-state index contributed by atoms with van der Waals surface area (Å²) in [4.78, 5) is 11.1. The average molecular weight is 247 g/mol. The summed E-state index contributed by atoms with van der Waals surface area (Å²) >= 11 is 16.0. The lowest BCUT2D eigenvalue weighted by Gasteiger charge is -2.18. The van der Waals surface area contributed by atoms with E-state index in [9.17, 15) is 4.79 Å². The number of carbonyl (C=O) groups excluding carboxylic acids is 1. The highest BCUT2D eigenvalue weighted by Gasteiger charge is 2.37. The predicted molar refractivity (Wildman–Crippen MR) is 52.0 cm³/mol. The fourth-order valence-corrected chi connectivity index (χ4v) is 1.23. The van der Waals surface area contributed by atoms with Gasteiger partial charge in [-0.3, -0.25) is 4.79 Å². The van der Waals surface area contributed by atoms with Gasteiger partial charge in [0.15, 0.2) is 0 Å². The first-order chi connectivity index (χ1) is 5.95. The van der Waals surface area contributed by atoms with Crippen LogP contribution in [0.4, 0.5) is 0 Å². The molecule has 0 aromatic carbocycles. The monoisotopic (exact) mass is 245 g/mol. The van der Waals surface area contributed by atoms with Crippen molar-refractivity contribution in [3.63, 3.8) is 0 Å². The largest absolute Gasteiger partial charge is 0.394 e. The van der Waals surface area contributed by atoms with E-state index in [0.717, 1.165) is 12.8 Å². The van der Waals surface area contributed by atoms with Crippen molar-refractivity contribution in [3.05, 3.63) is 0 Å². The Balaban J connectivity index is 2.41. The second-order valence-corrected chi connectivity index (χ2v) is 5.38. The van der Waals surface area contributed by atoms with Crippen molar-refractivity contribution in [2.45, 2.75) is 22.7 Å². The van der Waals surface area contributed by atoms with Crippen LogP contribution in [0.1, 0.15) is 12.8 Å². The molecular weight excluding hydrogens is 236 g/mol. The molecule has 3 nitrogen and oxygen atoms in total. The highest BCUT2D eigenvalue weighted by molar-refractivity contribution is 6.76. The molecule has 0 aliphatic heterocycles. The van der Waals surface area contributed by atoms with E-state index in [1.54, 1.807) is 0 Å². The Morgan fingerprint density at radius 2 is 2.08 bits per heavy atom. The molecule has 0 aromatic rings. The van der Waals surface area contributed by atoms with Gasteiger partial charge < -0.3 is 10.4 Å². The third-order valence-electron chi connectivity index (χ3n) is 1.96. The summed E-state index contributed by atoms with van der Waals surface area (Å²) in [7, 11) is 0. The standard InChI is InChI=1S/C7H10Cl3NO2/c8-7(9,10)6(13)11-5(3-12)4-1-2-4/h4-5,12H,1-3H2,(H,11,13)/t5-/m1/s1. The van der Waals surface area contributed by atoms with Crippen molar-refractivity contribution in [2.75, 3.05) is 6.61 Å². The molecule has 1 saturated carbocycles. The molecule has 1 rings (SSSR count). The van der Waals surface area contributed by atoms with E-state index in [2.05, 4.69) is 5.32 Å². The summed E-state index contributed by atoms with van der Waals surface area (Å²) in [5.41, 5.74) is 0. The van der Waals surface area contributed by atoms with E-state index in [0.29, 0.717) is 5.92 Å². The van der Waals surface area contributed by atoms with Gasteiger partial charge in [0.2, 0.25) is 0 Å². The Hall–Kier alpha value is 0.300. The zero-order valence-electron chi connectivity index (χ0n) is 6.77. The lowest BCUT2D eigenvalue weighted by molar-refractivity contribution is -0.121. The maximum Gasteiger partial charge on any atom is 0.272 e. The molecule has 1 atom stereocenters. The lowest BCUT2D eigenvalue weighted by Crippen LogP contribution is -2.44. The van der Waals surface area contributed by atoms with E-state index in [1.165, 1.54) is 0 Å². The summed E-state index contributed by atoms with van der Waals surface area (Å²) in [5.74, 6) is -0.343. The number of aliphatic hydroxyl groups excluding tert-OH is 1. The highest BCUT2D eigenvalue weighted by atomic mass is 35.6. The van der Waals surface area contributed by atoms with Crippen molar-refractivity contribution in [1.82, 2.24) is 5.32 Å². The van der Waals surface area contributed by atoms with Gasteiger partial charge in [-0.05, 0) is 18.8 Å². The topological polar surface area (TPSA) is 49.3 Å². The van der Waals surface area contributed by atoms with Crippen LogP contribution < -0.4 is 5.32 Å². The average Bonchev–Trinajstić information content (AvgIpc) is 2.80. The van der Waals surface area contributed by atoms with Crippen LogP contribution in [0.25, 0.3) is 0 Å². The number of amides is 1. The molecule has 0 bridgehead atoms. The van der Waals surface area contributed by atoms with Gasteiger partial charge in [0.05, 0.1) is 12.6 Å². The number of hydrogen-bond acceptors (Lipinski definition) is 2. The molecule has 1 aliphatic rings. The Bertz CT molecular complexity index is 200. The zero-order chi connectivity index (χ0) is 10.1. The van der Waals surface area contributed by atoms with Crippen LogP contribution in [-0.2, 0) is 4.79 Å². The van der Waals surface area contributed by atoms with E-state index in [4.69, 9.17) is 39.9 Å². The van der Waals surface area contributed by atoms with Gasteiger partial charge >= 0.3 is 0 Å². The summed E-state index contributed by atoms with van der Waals surface area (Å²) in [6, 6.07) is -0.275. The molecule has 0 spiro atoms. The fraction of sp³-hybridized carbons (Fsp3) is 0.857. The smallest absolute Gasteiger partial charge is 0.272 e. The summed E-state index contributed by atoms with van der Waals surface area (Å²) < 4.78 is -1.94. The van der Waals surface area contributed by atoms with Crippen LogP contribution in [0, 0.1) is 5.92 Å². The minimum absolute atomic E-state index is 0.114. The van der Waals surface area contributed by atoms with Crippen molar-refractivity contribution in [2.24, 2.45) is 5.92 Å². The molecule has 0 radical (unpaired) electrons. The van der Waals surface area contributed by atoms with Crippen LogP contribution in [0.15, 0.2) is 0 Å². The van der Waals surface area contributed by atoms with Crippen LogP contribution in [0.5, 0.6) is 0 Å². The zero-order valence-corrected chi connectivity index (χ0v) is 9.03. The normalized spacial score (nSPS) is 19.7. The summed E-state index contributed by atoms with van der Waals surface area (Å²) in [6.07, 6.45) is 2.01. The molecule has 6 heteroatoms. The van der Waals surface area contributed by atoms with Crippen molar-refractivity contribution >= 4 is 40.7 Å². The number of alkyl halides is 3. The van der Waals surface area contributed by atoms with E-state index >= 15 is 0 Å². The molecule has 0 unspecified atom stereocenters. The SMILES string of the molecule is O=C(N[C@H](CO)C1CC1)C(Cl)(Cl)Cl. The van der Waals surface area contributed by atoms with Gasteiger partial charge in [0, 0.05) is 0 Å². The number of nitrogens with one attached hydrogen (secondary N) is 1. The lowest BCUT2D eigenvalue weighted by atomic mass is 10.2.